The molecule has 0 aliphatic heterocycles. The SMILES string of the molecule is CC(CCCO)NC(=O)NCCCC1CCCC1. The second-order valence-electron chi connectivity index (χ2n) is 5.46. The Labute approximate surface area is 111 Å². The summed E-state index contributed by atoms with van der Waals surface area (Å²) in [4.78, 5) is 11.5. The summed E-state index contributed by atoms with van der Waals surface area (Å²) in [6, 6.07) is 0.0545. The summed E-state index contributed by atoms with van der Waals surface area (Å²) in [7, 11) is 0. The van der Waals surface area contributed by atoms with Gasteiger partial charge in [0.2, 0.25) is 0 Å². The molecule has 0 spiro atoms. The zero-order valence-electron chi connectivity index (χ0n) is 11.6. The predicted octanol–water partition coefficient (Wildman–Crippen LogP) is 2.42. The van der Waals surface area contributed by atoms with Gasteiger partial charge in [-0.2, -0.15) is 0 Å². The molecule has 0 heterocycles. The van der Waals surface area contributed by atoms with Crippen molar-refractivity contribution in [3.05, 3.63) is 0 Å². The standard InChI is InChI=1S/C14H28N2O2/c1-12(6-5-11-17)16-14(18)15-10-4-9-13-7-2-3-8-13/h12-13,17H,2-11H2,1H3,(H2,15,16,18). The van der Waals surface area contributed by atoms with Crippen LogP contribution in [0.3, 0.4) is 0 Å². The number of aliphatic hydroxyl groups excluding tert-OH is 1. The first kappa shape index (κ1) is 15.3. The average molecular weight is 256 g/mol. The quantitative estimate of drug-likeness (QED) is 0.584. The monoisotopic (exact) mass is 256 g/mol. The van der Waals surface area contributed by atoms with E-state index in [4.69, 9.17) is 5.11 Å². The zero-order valence-corrected chi connectivity index (χ0v) is 11.6. The van der Waals surface area contributed by atoms with Crippen molar-refractivity contribution in [2.75, 3.05) is 13.2 Å². The first-order valence-corrected chi connectivity index (χ1v) is 7.37. The number of aliphatic hydroxyl groups is 1. The van der Waals surface area contributed by atoms with E-state index in [0.717, 1.165) is 31.7 Å². The minimum Gasteiger partial charge on any atom is -0.396 e. The van der Waals surface area contributed by atoms with Crippen LogP contribution in [0, 0.1) is 5.92 Å². The second-order valence-corrected chi connectivity index (χ2v) is 5.46. The maximum absolute atomic E-state index is 11.5. The van der Waals surface area contributed by atoms with Crippen LogP contribution in [-0.4, -0.2) is 30.3 Å². The highest BCUT2D eigenvalue weighted by molar-refractivity contribution is 5.74. The lowest BCUT2D eigenvalue weighted by molar-refractivity contribution is 0.234. The lowest BCUT2D eigenvalue weighted by Gasteiger charge is -2.14. The number of nitrogens with one attached hydrogen (secondary N) is 2. The third-order valence-electron chi connectivity index (χ3n) is 3.72. The van der Waals surface area contributed by atoms with Gasteiger partial charge in [0.1, 0.15) is 0 Å². The van der Waals surface area contributed by atoms with Crippen LogP contribution in [-0.2, 0) is 0 Å². The Hall–Kier alpha value is -0.770. The van der Waals surface area contributed by atoms with Gasteiger partial charge < -0.3 is 15.7 Å². The second kappa shape index (κ2) is 9.20. The molecule has 4 heteroatoms. The molecule has 1 fully saturated rings. The molecule has 1 aliphatic rings. The largest absolute Gasteiger partial charge is 0.396 e. The molecule has 1 aliphatic carbocycles. The number of carbonyl (C=O) groups is 1. The lowest BCUT2D eigenvalue weighted by Crippen LogP contribution is -2.41. The van der Waals surface area contributed by atoms with Crippen LogP contribution < -0.4 is 10.6 Å². The van der Waals surface area contributed by atoms with E-state index in [1.165, 1.54) is 32.1 Å². The molecule has 106 valence electrons. The number of carbonyl (C=O) groups excluding carboxylic acids is 1. The van der Waals surface area contributed by atoms with E-state index in [9.17, 15) is 4.79 Å². The van der Waals surface area contributed by atoms with Crippen LogP contribution in [0.5, 0.6) is 0 Å². The van der Waals surface area contributed by atoms with Crippen LogP contribution in [0.4, 0.5) is 4.79 Å². The maximum Gasteiger partial charge on any atom is 0.314 e. The van der Waals surface area contributed by atoms with Gasteiger partial charge in [0, 0.05) is 19.2 Å². The van der Waals surface area contributed by atoms with Gasteiger partial charge in [-0.25, -0.2) is 4.79 Å². The maximum atomic E-state index is 11.5. The highest BCUT2D eigenvalue weighted by atomic mass is 16.3. The van der Waals surface area contributed by atoms with Crippen molar-refractivity contribution < 1.29 is 9.90 Å². The number of rotatable bonds is 8. The van der Waals surface area contributed by atoms with E-state index >= 15 is 0 Å². The smallest absolute Gasteiger partial charge is 0.314 e. The van der Waals surface area contributed by atoms with E-state index in [-0.39, 0.29) is 18.7 Å². The Morgan fingerprint density at radius 2 is 2.06 bits per heavy atom. The van der Waals surface area contributed by atoms with Crippen molar-refractivity contribution in [1.82, 2.24) is 10.6 Å². The highest BCUT2D eigenvalue weighted by Gasteiger charge is 2.14. The molecule has 1 rings (SSSR count). The molecule has 1 unspecified atom stereocenters. The number of urea groups is 1. The molecule has 0 aromatic carbocycles. The normalized spacial score (nSPS) is 17.7. The van der Waals surface area contributed by atoms with Crippen molar-refractivity contribution in [2.45, 2.75) is 64.3 Å². The molecular weight excluding hydrogens is 228 g/mol. The van der Waals surface area contributed by atoms with Crippen LogP contribution in [0.1, 0.15) is 58.3 Å². The van der Waals surface area contributed by atoms with Crippen LogP contribution in [0.15, 0.2) is 0 Å². The Kier molecular flexibility index (Phi) is 7.81. The van der Waals surface area contributed by atoms with Crippen molar-refractivity contribution in [3.8, 4) is 0 Å². The topological polar surface area (TPSA) is 61.4 Å². The van der Waals surface area contributed by atoms with Gasteiger partial charge in [-0.3, -0.25) is 0 Å². The lowest BCUT2D eigenvalue weighted by atomic mass is 10.0. The molecule has 0 aromatic heterocycles. The Balaban J connectivity index is 1.95. The Bertz CT molecular complexity index is 228. The fourth-order valence-electron chi connectivity index (χ4n) is 2.64. The van der Waals surface area contributed by atoms with Gasteiger partial charge in [-0.05, 0) is 38.5 Å². The van der Waals surface area contributed by atoms with E-state index in [2.05, 4.69) is 10.6 Å². The molecule has 18 heavy (non-hydrogen) atoms. The minimum absolute atomic E-state index is 0.0770. The summed E-state index contributed by atoms with van der Waals surface area (Å²) in [6.45, 7) is 2.93. The Morgan fingerprint density at radius 3 is 2.72 bits per heavy atom. The molecular formula is C14H28N2O2. The van der Waals surface area contributed by atoms with Crippen molar-refractivity contribution in [1.29, 1.82) is 0 Å². The van der Waals surface area contributed by atoms with Gasteiger partial charge in [0.25, 0.3) is 0 Å². The minimum atomic E-state index is -0.0770. The van der Waals surface area contributed by atoms with Gasteiger partial charge in [-0.1, -0.05) is 25.7 Å². The van der Waals surface area contributed by atoms with Gasteiger partial charge >= 0.3 is 6.03 Å². The molecule has 3 N–H and O–H groups in total. The molecule has 2 amide bonds. The molecule has 1 saturated carbocycles. The van der Waals surface area contributed by atoms with Crippen molar-refractivity contribution in [2.24, 2.45) is 5.92 Å². The number of hydrogen-bond acceptors (Lipinski definition) is 2. The number of hydrogen-bond donors (Lipinski definition) is 3. The molecule has 0 radical (unpaired) electrons. The molecule has 4 nitrogen and oxygen atoms in total. The van der Waals surface area contributed by atoms with Crippen molar-refractivity contribution >= 4 is 6.03 Å². The molecule has 0 saturated heterocycles. The number of amides is 2. The van der Waals surface area contributed by atoms with E-state index in [1.807, 2.05) is 6.92 Å². The van der Waals surface area contributed by atoms with Crippen LogP contribution >= 0.6 is 0 Å². The summed E-state index contributed by atoms with van der Waals surface area (Å²) >= 11 is 0. The third-order valence-corrected chi connectivity index (χ3v) is 3.72. The van der Waals surface area contributed by atoms with E-state index in [0.29, 0.717) is 0 Å². The fraction of sp³-hybridized carbons (Fsp3) is 0.929. The first-order valence-electron chi connectivity index (χ1n) is 7.37. The van der Waals surface area contributed by atoms with Crippen molar-refractivity contribution in [3.63, 3.8) is 0 Å². The van der Waals surface area contributed by atoms with Crippen LogP contribution in [0.25, 0.3) is 0 Å². The predicted molar refractivity (Wildman–Crippen MR) is 73.5 cm³/mol. The summed E-state index contributed by atoms with van der Waals surface area (Å²) in [6.07, 6.45) is 9.44. The third kappa shape index (κ3) is 6.84. The summed E-state index contributed by atoms with van der Waals surface area (Å²) < 4.78 is 0. The first-order chi connectivity index (χ1) is 8.72. The van der Waals surface area contributed by atoms with Crippen LogP contribution in [0.2, 0.25) is 0 Å². The van der Waals surface area contributed by atoms with E-state index in [1.54, 1.807) is 0 Å². The zero-order chi connectivity index (χ0) is 13.2. The van der Waals surface area contributed by atoms with Gasteiger partial charge in [-0.15, -0.1) is 0 Å². The Morgan fingerprint density at radius 1 is 1.33 bits per heavy atom. The highest BCUT2D eigenvalue weighted by Crippen LogP contribution is 2.28. The molecule has 1 atom stereocenters. The molecule has 0 aromatic rings. The van der Waals surface area contributed by atoms with Gasteiger partial charge in [0.15, 0.2) is 0 Å². The summed E-state index contributed by atoms with van der Waals surface area (Å²) in [5.41, 5.74) is 0. The molecule has 0 bridgehead atoms. The van der Waals surface area contributed by atoms with E-state index < -0.39 is 0 Å². The fourth-order valence-corrected chi connectivity index (χ4v) is 2.64. The average Bonchev–Trinajstić information content (AvgIpc) is 2.85. The summed E-state index contributed by atoms with van der Waals surface area (Å²) in [5, 5.41) is 14.5. The van der Waals surface area contributed by atoms with Gasteiger partial charge in [0.05, 0.1) is 0 Å². The summed E-state index contributed by atoms with van der Waals surface area (Å²) in [5.74, 6) is 0.901.